The summed E-state index contributed by atoms with van der Waals surface area (Å²) >= 11 is 0. The van der Waals surface area contributed by atoms with Crippen LogP contribution in [0.5, 0.6) is 11.5 Å². The van der Waals surface area contributed by atoms with Gasteiger partial charge in [0.2, 0.25) is 0 Å². The molecule has 6 nitrogen and oxygen atoms in total. The molecule has 0 fully saturated rings. The summed E-state index contributed by atoms with van der Waals surface area (Å²) in [4.78, 5) is 0. The smallest absolute Gasteiger partial charge is 0.161 e. The summed E-state index contributed by atoms with van der Waals surface area (Å²) in [5.74, 6) is 2.21. The van der Waals surface area contributed by atoms with Crippen LogP contribution < -0.4 is 14.8 Å². The van der Waals surface area contributed by atoms with E-state index in [9.17, 15) is 0 Å². The average Bonchev–Trinajstić information content (AvgIpc) is 2.94. The van der Waals surface area contributed by atoms with E-state index in [1.165, 1.54) is 0 Å². The molecule has 1 heterocycles. The Hall–Kier alpha value is -2.05. The number of nitrogens with zero attached hydrogens (tertiary/aromatic N) is 1. The van der Waals surface area contributed by atoms with Crippen LogP contribution in [-0.2, 0) is 17.9 Å². The number of nitrogens with one attached hydrogen (secondary N) is 1. The van der Waals surface area contributed by atoms with Crippen LogP contribution in [0.2, 0.25) is 0 Å². The van der Waals surface area contributed by atoms with E-state index in [0.717, 1.165) is 47.9 Å². The lowest BCUT2D eigenvalue weighted by Crippen LogP contribution is -2.26. The van der Waals surface area contributed by atoms with Gasteiger partial charge >= 0.3 is 0 Å². The maximum absolute atomic E-state index is 5.91. The van der Waals surface area contributed by atoms with Crippen LogP contribution in [0.25, 0.3) is 0 Å². The lowest BCUT2D eigenvalue weighted by Gasteiger charge is -2.15. The highest BCUT2D eigenvalue weighted by Crippen LogP contribution is 2.29. The van der Waals surface area contributed by atoms with E-state index in [2.05, 4.69) is 17.4 Å². The van der Waals surface area contributed by atoms with Crippen molar-refractivity contribution in [3.8, 4) is 11.5 Å². The number of methoxy groups -OCH3 is 2. The van der Waals surface area contributed by atoms with E-state index in [1.807, 2.05) is 32.0 Å². The van der Waals surface area contributed by atoms with Crippen LogP contribution in [-0.4, -0.2) is 32.0 Å². The summed E-state index contributed by atoms with van der Waals surface area (Å²) in [6.45, 7) is 7.87. The van der Waals surface area contributed by atoms with Gasteiger partial charge in [0.25, 0.3) is 0 Å². The second-order valence-electron chi connectivity index (χ2n) is 6.14. The number of aryl methyl sites for hydroxylation is 2. The second kappa shape index (κ2) is 9.44. The van der Waals surface area contributed by atoms with Gasteiger partial charge in [-0.2, -0.15) is 0 Å². The van der Waals surface area contributed by atoms with E-state index >= 15 is 0 Å². The van der Waals surface area contributed by atoms with Gasteiger partial charge in [-0.25, -0.2) is 0 Å². The molecule has 138 valence electrons. The Labute approximate surface area is 149 Å². The zero-order valence-electron chi connectivity index (χ0n) is 15.7. The molecule has 0 saturated carbocycles. The molecule has 1 unspecified atom stereocenters. The van der Waals surface area contributed by atoms with Crippen LogP contribution >= 0.6 is 0 Å². The topological polar surface area (TPSA) is 65.8 Å². The summed E-state index contributed by atoms with van der Waals surface area (Å²) in [6, 6.07) is 6.37. The Kier molecular flexibility index (Phi) is 7.28. The van der Waals surface area contributed by atoms with Gasteiger partial charge in [0.15, 0.2) is 11.5 Å². The lowest BCUT2D eigenvalue weighted by atomic mass is 10.1. The van der Waals surface area contributed by atoms with Crippen molar-refractivity contribution in [2.75, 3.05) is 20.8 Å². The molecule has 0 radical (unpaired) electrons. The fourth-order valence-electron chi connectivity index (χ4n) is 2.49. The first-order valence-electron chi connectivity index (χ1n) is 8.49. The fourth-order valence-corrected chi connectivity index (χ4v) is 2.49. The SMILES string of the molecule is COCCC(C)NCc1ccc(OCc2c(C)noc2C)c(OC)c1. The molecule has 1 N–H and O–H groups in total. The van der Waals surface area contributed by atoms with Crippen LogP contribution in [0, 0.1) is 13.8 Å². The van der Waals surface area contributed by atoms with E-state index in [1.54, 1.807) is 14.2 Å². The van der Waals surface area contributed by atoms with Crippen molar-refractivity contribution in [3.63, 3.8) is 0 Å². The minimum atomic E-state index is 0.390. The van der Waals surface area contributed by atoms with Gasteiger partial charge < -0.3 is 24.1 Å². The maximum atomic E-state index is 5.91. The molecule has 0 aliphatic rings. The Balaban J connectivity index is 1.96. The third-order valence-electron chi connectivity index (χ3n) is 4.19. The number of rotatable bonds is 10. The van der Waals surface area contributed by atoms with Crippen molar-refractivity contribution < 1.29 is 18.7 Å². The zero-order chi connectivity index (χ0) is 18.2. The standard InChI is InChI=1S/C19H28N2O4/c1-13(8-9-22-4)20-11-16-6-7-18(19(10-16)23-5)24-12-17-14(2)21-25-15(17)3/h6-7,10,13,20H,8-9,11-12H2,1-5H3. The predicted molar refractivity (Wildman–Crippen MR) is 96.1 cm³/mol. The van der Waals surface area contributed by atoms with Crippen LogP contribution in [0.1, 0.15) is 35.9 Å². The molecule has 2 aromatic rings. The van der Waals surface area contributed by atoms with Crippen molar-refractivity contribution in [2.45, 2.75) is 46.4 Å². The van der Waals surface area contributed by atoms with Crippen LogP contribution in [0.3, 0.4) is 0 Å². The van der Waals surface area contributed by atoms with Gasteiger partial charge in [-0.15, -0.1) is 0 Å². The minimum Gasteiger partial charge on any atom is -0.493 e. The largest absolute Gasteiger partial charge is 0.493 e. The highest BCUT2D eigenvalue weighted by atomic mass is 16.5. The third kappa shape index (κ3) is 5.47. The first-order chi connectivity index (χ1) is 12.0. The van der Waals surface area contributed by atoms with Crippen LogP contribution in [0.4, 0.5) is 0 Å². The van der Waals surface area contributed by atoms with Gasteiger partial charge in [-0.05, 0) is 44.9 Å². The Bertz CT molecular complexity index is 650. The normalized spacial score (nSPS) is 12.2. The van der Waals surface area contributed by atoms with E-state index in [0.29, 0.717) is 18.4 Å². The summed E-state index contributed by atoms with van der Waals surface area (Å²) < 4.78 is 21.6. The van der Waals surface area contributed by atoms with Crippen molar-refractivity contribution >= 4 is 0 Å². The van der Waals surface area contributed by atoms with Gasteiger partial charge in [0, 0.05) is 26.3 Å². The summed E-state index contributed by atoms with van der Waals surface area (Å²) in [6.07, 6.45) is 0.978. The summed E-state index contributed by atoms with van der Waals surface area (Å²) in [7, 11) is 3.37. The molecule has 6 heteroatoms. The molecule has 25 heavy (non-hydrogen) atoms. The highest BCUT2D eigenvalue weighted by molar-refractivity contribution is 5.43. The summed E-state index contributed by atoms with van der Waals surface area (Å²) in [5.41, 5.74) is 2.97. The molecule has 0 bridgehead atoms. The molecule has 0 saturated heterocycles. The Morgan fingerprint density at radius 1 is 1.20 bits per heavy atom. The average molecular weight is 348 g/mol. The molecular weight excluding hydrogens is 320 g/mol. The first-order valence-corrected chi connectivity index (χ1v) is 8.49. The molecule has 1 aromatic carbocycles. The van der Waals surface area contributed by atoms with Crippen molar-refractivity contribution in [3.05, 3.63) is 40.8 Å². The molecule has 1 atom stereocenters. The van der Waals surface area contributed by atoms with Gasteiger partial charge in [-0.1, -0.05) is 11.2 Å². The third-order valence-corrected chi connectivity index (χ3v) is 4.19. The van der Waals surface area contributed by atoms with Gasteiger partial charge in [0.05, 0.1) is 18.4 Å². The van der Waals surface area contributed by atoms with Crippen molar-refractivity contribution in [1.29, 1.82) is 0 Å². The van der Waals surface area contributed by atoms with Gasteiger partial charge in [0.1, 0.15) is 12.4 Å². The van der Waals surface area contributed by atoms with Crippen molar-refractivity contribution in [1.82, 2.24) is 10.5 Å². The quantitative estimate of drug-likeness (QED) is 0.710. The minimum absolute atomic E-state index is 0.390. The van der Waals surface area contributed by atoms with E-state index < -0.39 is 0 Å². The number of ether oxygens (including phenoxy) is 3. The second-order valence-corrected chi connectivity index (χ2v) is 6.14. The highest BCUT2D eigenvalue weighted by Gasteiger charge is 2.12. The van der Waals surface area contributed by atoms with Gasteiger partial charge in [-0.3, -0.25) is 0 Å². The first kappa shape index (κ1) is 19.3. The van der Waals surface area contributed by atoms with E-state index in [-0.39, 0.29) is 0 Å². The molecule has 0 aliphatic carbocycles. The molecule has 0 aliphatic heterocycles. The molecule has 1 aromatic heterocycles. The monoisotopic (exact) mass is 348 g/mol. The predicted octanol–water partition coefficient (Wildman–Crippen LogP) is 3.39. The van der Waals surface area contributed by atoms with E-state index in [4.69, 9.17) is 18.7 Å². The fraction of sp³-hybridized carbons (Fsp3) is 0.526. The molecule has 2 rings (SSSR count). The van der Waals surface area contributed by atoms with Crippen LogP contribution in [0.15, 0.2) is 22.7 Å². The van der Waals surface area contributed by atoms with Crippen molar-refractivity contribution in [2.24, 2.45) is 0 Å². The molecule has 0 spiro atoms. The zero-order valence-corrected chi connectivity index (χ0v) is 15.7. The lowest BCUT2D eigenvalue weighted by molar-refractivity contribution is 0.184. The summed E-state index contributed by atoms with van der Waals surface area (Å²) in [5, 5.41) is 7.42. The molecular formula is C19H28N2O4. The Morgan fingerprint density at radius 2 is 2.00 bits per heavy atom. The number of benzene rings is 1. The Morgan fingerprint density at radius 3 is 2.64 bits per heavy atom. The number of aromatic nitrogens is 1. The maximum Gasteiger partial charge on any atom is 0.161 e. The molecule has 0 amide bonds. The number of hydrogen-bond acceptors (Lipinski definition) is 6. The number of hydrogen-bond donors (Lipinski definition) is 1.